The normalized spacial score (nSPS) is 18.8. The minimum atomic E-state index is -0.453. The van der Waals surface area contributed by atoms with Gasteiger partial charge in [-0.25, -0.2) is 0 Å². The third kappa shape index (κ3) is 1.71. The van der Waals surface area contributed by atoms with Crippen LogP contribution in [0.25, 0.3) is 33.0 Å². The first-order valence-corrected chi connectivity index (χ1v) is 10.0. The Hall–Kier alpha value is -3.64. The van der Waals surface area contributed by atoms with E-state index in [2.05, 4.69) is 72.8 Å². The molecule has 0 nitrogen and oxygen atoms in total. The van der Waals surface area contributed by atoms with E-state index in [-0.39, 0.29) is 0 Å². The van der Waals surface area contributed by atoms with Crippen molar-refractivity contribution < 1.29 is 2.74 Å². The van der Waals surface area contributed by atoms with Gasteiger partial charge in [0.05, 0.1) is 8.16 Å². The summed E-state index contributed by atoms with van der Waals surface area (Å²) in [7, 11) is 0. The van der Waals surface area contributed by atoms with Crippen molar-refractivity contribution in [1.82, 2.24) is 0 Å². The summed E-state index contributed by atoms with van der Waals surface area (Å²) in [6.07, 6.45) is 0. The molecule has 0 radical (unpaired) electrons. The Labute approximate surface area is 172 Å². The fraction of sp³-hybridized carbons (Fsp3) is 0.0345. The average molecular weight is 370 g/mol. The fourth-order valence-electron chi connectivity index (χ4n) is 5.60. The van der Waals surface area contributed by atoms with Crippen LogP contribution in [0.2, 0.25) is 0 Å². The minimum absolute atomic E-state index is 0.453. The lowest BCUT2D eigenvalue weighted by atomic mass is 9.70. The standard InChI is InChI=1S/C29H18/c1-2-10-20-18-28-24(17-19(20)9-1)23-13-5-8-16-27(23)29(28)25-14-6-3-11-21(25)22-12-4-7-15-26(22)29/h1-18H/i3T,17T. The first-order valence-electron chi connectivity index (χ1n) is 11.0. The molecule has 0 N–H and O–H groups in total. The smallest absolute Gasteiger partial charge is 0.0619 e. The third-order valence-corrected chi connectivity index (χ3v) is 6.68. The van der Waals surface area contributed by atoms with E-state index in [1.165, 1.54) is 27.8 Å². The largest absolute Gasteiger partial charge is 0.0725 e. The second-order valence-electron chi connectivity index (χ2n) is 7.96. The van der Waals surface area contributed by atoms with E-state index in [1.807, 2.05) is 24.3 Å². The quantitative estimate of drug-likeness (QED) is 0.265. The molecule has 1 atom stereocenters. The summed E-state index contributed by atoms with van der Waals surface area (Å²) in [6, 6.07) is 34.8. The number of hydrogen-bond acceptors (Lipinski definition) is 0. The third-order valence-electron chi connectivity index (χ3n) is 6.68. The minimum Gasteiger partial charge on any atom is -0.0619 e. The summed E-state index contributed by atoms with van der Waals surface area (Å²) in [4.78, 5) is 0. The Bertz CT molecular complexity index is 1560. The summed E-state index contributed by atoms with van der Waals surface area (Å²) >= 11 is 0. The zero-order chi connectivity index (χ0) is 20.7. The number of rotatable bonds is 0. The lowest BCUT2D eigenvalue weighted by molar-refractivity contribution is 0.795. The van der Waals surface area contributed by atoms with Gasteiger partial charge in [0, 0.05) is 0 Å². The second-order valence-corrected chi connectivity index (χ2v) is 7.96. The summed E-state index contributed by atoms with van der Waals surface area (Å²) < 4.78 is 17.4. The van der Waals surface area contributed by atoms with Gasteiger partial charge in [-0.2, -0.15) is 0 Å². The molecule has 0 aromatic heterocycles. The maximum atomic E-state index is 9.17. The van der Waals surface area contributed by atoms with Crippen LogP contribution >= 0.6 is 0 Å². The van der Waals surface area contributed by atoms with Crippen molar-refractivity contribution in [3.05, 3.63) is 131 Å². The lowest BCUT2D eigenvalue weighted by Crippen LogP contribution is -2.25. The van der Waals surface area contributed by atoms with E-state index in [0.717, 1.165) is 27.5 Å². The molecule has 0 saturated heterocycles. The molecule has 1 spiro atoms. The Balaban J connectivity index is 1.75. The molecule has 29 heavy (non-hydrogen) atoms. The van der Waals surface area contributed by atoms with E-state index in [4.69, 9.17) is 1.37 Å². The molecule has 7 rings (SSSR count). The van der Waals surface area contributed by atoms with Gasteiger partial charge in [0.2, 0.25) is 0 Å². The molecular formula is C29H18. The van der Waals surface area contributed by atoms with Crippen molar-refractivity contribution in [2.24, 2.45) is 0 Å². The first kappa shape index (κ1) is 13.5. The van der Waals surface area contributed by atoms with Gasteiger partial charge in [-0.05, 0) is 67.4 Å². The van der Waals surface area contributed by atoms with Gasteiger partial charge in [-0.15, -0.1) is 0 Å². The highest BCUT2D eigenvalue weighted by Gasteiger charge is 2.51. The van der Waals surface area contributed by atoms with Gasteiger partial charge < -0.3 is 0 Å². The van der Waals surface area contributed by atoms with Crippen LogP contribution in [-0.2, 0) is 5.41 Å². The van der Waals surface area contributed by atoms with Crippen molar-refractivity contribution in [1.29, 1.82) is 0 Å². The molecule has 0 fully saturated rings. The van der Waals surface area contributed by atoms with Crippen LogP contribution < -0.4 is 0 Å². The highest BCUT2D eigenvalue weighted by atomic mass is 14.5. The van der Waals surface area contributed by atoms with Gasteiger partial charge >= 0.3 is 0 Å². The predicted octanol–water partition coefficient (Wildman–Crippen LogP) is 7.18. The monoisotopic (exact) mass is 370 g/mol. The van der Waals surface area contributed by atoms with Crippen LogP contribution in [0.1, 0.15) is 25.0 Å². The topological polar surface area (TPSA) is 0 Å². The highest BCUT2D eigenvalue weighted by Crippen LogP contribution is 2.62. The highest BCUT2D eigenvalue weighted by molar-refractivity contribution is 5.99. The molecule has 0 bridgehead atoms. The van der Waals surface area contributed by atoms with Crippen LogP contribution in [-0.4, -0.2) is 0 Å². The van der Waals surface area contributed by atoms with Crippen molar-refractivity contribution in [3.8, 4) is 22.3 Å². The predicted molar refractivity (Wildman–Crippen MR) is 120 cm³/mol. The van der Waals surface area contributed by atoms with Crippen LogP contribution in [0.3, 0.4) is 0 Å². The Morgan fingerprint density at radius 1 is 0.483 bits per heavy atom. The van der Waals surface area contributed by atoms with Crippen LogP contribution in [0.5, 0.6) is 0 Å². The Morgan fingerprint density at radius 3 is 1.79 bits per heavy atom. The van der Waals surface area contributed by atoms with Gasteiger partial charge in [0.15, 0.2) is 0 Å². The molecule has 0 heteroatoms. The molecule has 2 aliphatic rings. The summed E-state index contributed by atoms with van der Waals surface area (Å²) in [5.74, 6) is 0. The van der Waals surface area contributed by atoms with E-state index in [1.54, 1.807) is 0 Å². The number of fused-ring (bicyclic) bond motifs is 11. The van der Waals surface area contributed by atoms with Crippen molar-refractivity contribution in [2.45, 2.75) is 5.41 Å². The SMILES string of the molecule is [3H]c1ccc2c(c1)-c1ccccc1C21c2ccccc2-c2c1cc1ccccc1c2[3H]. The van der Waals surface area contributed by atoms with Crippen molar-refractivity contribution >= 4 is 10.8 Å². The van der Waals surface area contributed by atoms with Gasteiger partial charge in [0.25, 0.3) is 0 Å². The molecular weight excluding hydrogens is 348 g/mol. The zero-order valence-electron chi connectivity index (χ0n) is 17.7. The molecule has 0 amide bonds. The number of hydrogen-bond donors (Lipinski definition) is 0. The van der Waals surface area contributed by atoms with Gasteiger partial charge in [0.1, 0.15) is 0 Å². The molecule has 2 aliphatic carbocycles. The summed E-state index contributed by atoms with van der Waals surface area (Å²) in [6.45, 7) is 0. The Kier molecular flexibility index (Phi) is 2.44. The molecule has 5 aromatic rings. The fourth-order valence-corrected chi connectivity index (χ4v) is 5.60. The molecule has 1 unspecified atom stereocenters. The number of benzene rings is 5. The first-order chi connectivity index (χ1) is 15.2. The molecule has 5 aromatic carbocycles. The van der Waals surface area contributed by atoms with E-state index >= 15 is 0 Å². The molecule has 0 saturated carbocycles. The van der Waals surface area contributed by atoms with Crippen molar-refractivity contribution in [2.75, 3.05) is 0 Å². The summed E-state index contributed by atoms with van der Waals surface area (Å²) in [5, 5.41) is 2.09. The van der Waals surface area contributed by atoms with Crippen LogP contribution in [0.15, 0.2) is 109 Å². The maximum absolute atomic E-state index is 9.17. The van der Waals surface area contributed by atoms with E-state index < -0.39 is 5.41 Å². The Morgan fingerprint density at radius 2 is 1.03 bits per heavy atom. The van der Waals surface area contributed by atoms with Crippen LogP contribution in [0.4, 0.5) is 0 Å². The second kappa shape index (κ2) is 5.24. The maximum Gasteiger partial charge on any atom is 0.0725 e. The molecule has 0 heterocycles. The van der Waals surface area contributed by atoms with Crippen LogP contribution in [0, 0.1) is 0 Å². The van der Waals surface area contributed by atoms with Gasteiger partial charge in [-0.1, -0.05) is 97.0 Å². The molecule has 134 valence electrons. The molecule has 0 aliphatic heterocycles. The van der Waals surface area contributed by atoms with E-state index in [0.29, 0.717) is 12.1 Å². The average Bonchev–Trinajstić information content (AvgIpc) is 3.26. The zero-order valence-corrected chi connectivity index (χ0v) is 15.7. The van der Waals surface area contributed by atoms with E-state index in [9.17, 15) is 1.37 Å². The van der Waals surface area contributed by atoms with Crippen molar-refractivity contribution in [3.63, 3.8) is 0 Å². The van der Waals surface area contributed by atoms with Gasteiger partial charge in [-0.3, -0.25) is 0 Å². The summed E-state index contributed by atoms with van der Waals surface area (Å²) in [5.41, 5.74) is 8.92. The lowest BCUT2D eigenvalue weighted by Gasteiger charge is -2.30.